The van der Waals surface area contributed by atoms with E-state index in [1.54, 1.807) is 13.8 Å². The van der Waals surface area contributed by atoms with Crippen LogP contribution in [0.15, 0.2) is 28.8 Å². The number of nitriles is 1. The molecule has 0 aromatic carbocycles. The van der Waals surface area contributed by atoms with Crippen LogP contribution in [-0.4, -0.2) is 33.6 Å². The van der Waals surface area contributed by atoms with Gasteiger partial charge in [0.15, 0.2) is 5.15 Å². The molecule has 0 aliphatic carbocycles. The second-order valence-electron chi connectivity index (χ2n) is 6.59. The molecule has 0 amide bonds. The summed E-state index contributed by atoms with van der Waals surface area (Å²) in [7, 11) is -2.82. The molecule has 0 saturated heterocycles. The predicted octanol–water partition coefficient (Wildman–Crippen LogP) is 7.46. The number of rotatable bonds is 8. The average molecular weight is 628 g/mol. The zero-order chi connectivity index (χ0) is 27.7. The Balaban J connectivity index is 0.000000360. The second-order valence-corrected chi connectivity index (χ2v) is 13.3. The monoisotopic (exact) mass is 626 g/mol. The first-order chi connectivity index (χ1) is 16.6. The van der Waals surface area contributed by atoms with Crippen molar-refractivity contribution in [3.8, 4) is 12.1 Å². The van der Waals surface area contributed by atoms with Crippen LogP contribution >= 0.6 is 41.5 Å². The van der Waals surface area contributed by atoms with E-state index in [0.29, 0.717) is 18.8 Å². The van der Waals surface area contributed by atoms with Crippen molar-refractivity contribution < 1.29 is 31.0 Å². The highest BCUT2D eigenvalue weighted by Gasteiger charge is 2.32. The predicted molar refractivity (Wildman–Crippen MR) is 137 cm³/mol. The molecular weight excluding hydrogens is 607 g/mol. The van der Waals surface area contributed by atoms with Gasteiger partial charge in [0, 0.05) is 24.3 Å². The summed E-state index contributed by atoms with van der Waals surface area (Å²) in [5.74, 6) is 0.0521. The number of alkyl halides is 3. The normalized spacial score (nSPS) is 14.0. The number of hydrogen-bond donors (Lipinski definition) is 0. The van der Waals surface area contributed by atoms with Crippen molar-refractivity contribution in [1.82, 2.24) is 9.97 Å². The molecule has 2 rings (SSSR count). The van der Waals surface area contributed by atoms with Crippen molar-refractivity contribution >= 4 is 63.1 Å². The Kier molecular flexibility index (Phi) is 12.8. The van der Waals surface area contributed by atoms with E-state index in [9.17, 15) is 17.4 Å². The molecular formula is C19H21Cl3F3N4O4PS2. The minimum Gasteiger partial charge on any atom is -0.404 e. The molecule has 200 valence electrons. The lowest BCUT2D eigenvalue weighted by Crippen LogP contribution is -2.11. The molecule has 2 atom stereocenters. The van der Waals surface area contributed by atoms with Gasteiger partial charge in [-0.2, -0.15) is 23.4 Å². The molecule has 2 unspecified atom stereocenters. The van der Waals surface area contributed by atoms with Crippen molar-refractivity contribution in [2.24, 2.45) is 4.36 Å². The number of aromatic nitrogens is 2. The molecule has 0 aliphatic heterocycles. The van der Waals surface area contributed by atoms with Crippen LogP contribution in [-0.2, 0) is 36.8 Å². The maximum Gasteiger partial charge on any atom is 0.433 e. The van der Waals surface area contributed by atoms with Gasteiger partial charge in [-0.15, -0.1) is 4.36 Å². The number of halogens is 6. The Hall–Kier alpha value is -1.23. The van der Waals surface area contributed by atoms with E-state index in [1.807, 2.05) is 0 Å². The molecule has 36 heavy (non-hydrogen) atoms. The molecule has 0 aliphatic rings. The van der Waals surface area contributed by atoms with Crippen LogP contribution < -0.4 is 4.52 Å². The fourth-order valence-corrected chi connectivity index (χ4v) is 5.79. The Morgan fingerprint density at radius 1 is 1.22 bits per heavy atom. The molecule has 0 fully saturated rings. The van der Waals surface area contributed by atoms with Crippen molar-refractivity contribution in [2.75, 3.05) is 19.5 Å². The third-order valence-electron chi connectivity index (χ3n) is 4.05. The van der Waals surface area contributed by atoms with E-state index >= 15 is 0 Å². The standard InChI is InChI=1S/C10H10F3N3OS.C9H11Cl3NO3PS/c1-7(18(2,17)16-6-14)8-3-4-9(15-5-8)10(11,12)13;1-3-14-17(18,15-4-2)16-9-7(11)5-6(10)8(12)13-9/h3-5,7H,1-2H3;5H,3-4H2,1-2H3. The highest BCUT2D eigenvalue weighted by molar-refractivity contribution is 8.07. The molecule has 0 radical (unpaired) electrons. The Labute approximate surface area is 227 Å². The molecule has 0 bridgehead atoms. The van der Waals surface area contributed by atoms with E-state index in [4.69, 9.17) is 65.4 Å². The van der Waals surface area contributed by atoms with Crippen LogP contribution in [0.4, 0.5) is 13.2 Å². The summed E-state index contributed by atoms with van der Waals surface area (Å²) in [5.41, 5.74) is -0.673. The van der Waals surface area contributed by atoms with Gasteiger partial charge in [0.2, 0.25) is 12.1 Å². The van der Waals surface area contributed by atoms with Crippen molar-refractivity contribution in [3.63, 3.8) is 0 Å². The van der Waals surface area contributed by atoms with Crippen molar-refractivity contribution in [1.29, 1.82) is 5.26 Å². The summed E-state index contributed by atoms with van der Waals surface area (Å²) in [5, 5.41) is 8.21. The second kappa shape index (κ2) is 14.1. The highest BCUT2D eigenvalue weighted by atomic mass is 35.5. The molecule has 2 aromatic rings. The van der Waals surface area contributed by atoms with Gasteiger partial charge in [-0.1, -0.05) is 40.9 Å². The van der Waals surface area contributed by atoms with Gasteiger partial charge in [-0.3, -0.25) is 14.0 Å². The van der Waals surface area contributed by atoms with Gasteiger partial charge < -0.3 is 4.52 Å². The summed E-state index contributed by atoms with van der Waals surface area (Å²) in [6, 6.07) is 3.43. The summed E-state index contributed by atoms with van der Waals surface area (Å²) in [6.07, 6.45) is -0.784. The van der Waals surface area contributed by atoms with E-state index in [-0.39, 0.29) is 21.1 Å². The largest absolute Gasteiger partial charge is 0.433 e. The van der Waals surface area contributed by atoms with Gasteiger partial charge in [0.05, 0.1) is 33.2 Å². The van der Waals surface area contributed by atoms with Gasteiger partial charge >= 0.3 is 12.9 Å². The third kappa shape index (κ3) is 9.91. The Morgan fingerprint density at radius 2 is 1.81 bits per heavy atom. The first-order valence-electron chi connectivity index (χ1n) is 9.82. The third-order valence-corrected chi connectivity index (χ3v) is 9.43. The average Bonchev–Trinajstić information content (AvgIpc) is 2.77. The Morgan fingerprint density at radius 3 is 2.25 bits per heavy atom. The zero-order valence-corrected chi connectivity index (χ0v) is 24.0. The molecule has 17 heteroatoms. The summed E-state index contributed by atoms with van der Waals surface area (Å²) < 4.78 is 68.2. The molecule has 0 saturated carbocycles. The number of nitrogens with zero attached hydrogens (tertiary/aromatic N) is 4. The SMILES string of the molecule is CC(c1ccc(C(F)(F)F)nc1)S(C)(=O)=NC#N.CCOP(=S)(OCC)Oc1nc(Cl)c(Cl)cc1Cl. The van der Waals surface area contributed by atoms with Gasteiger partial charge in [-0.05, 0) is 38.5 Å². The Bertz CT molecular complexity index is 1240. The minimum absolute atomic E-state index is 0.0521. The first-order valence-corrected chi connectivity index (χ1v) is 15.5. The minimum atomic E-state index is -4.51. The summed E-state index contributed by atoms with van der Waals surface area (Å²) in [6.45, 7) is 2.89. The smallest absolute Gasteiger partial charge is 0.404 e. The van der Waals surface area contributed by atoms with Crippen LogP contribution in [0.5, 0.6) is 5.88 Å². The van der Waals surface area contributed by atoms with E-state index in [1.165, 1.54) is 31.5 Å². The summed E-state index contributed by atoms with van der Waals surface area (Å²) >= 11 is 22.7. The fourth-order valence-electron chi connectivity index (χ4n) is 2.23. The number of hydrogen-bond acceptors (Lipinski definition) is 9. The zero-order valence-electron chi connectivity index (χ0n) is 19.3. The maximum atomic E-state index is 12.3. The maximum absolute atomic E-state index is 12.3. The van der Waals surface area contributed by atoms with E-state index < -0.39 is 33.6 Å². The van der Waals surface area contributed by atoms with Crippen LogP contribution in [0.2, 0.25) is 15.2 Å². The first kappa shape index (κ1) is 32.8. The quantitative estimate of drug-likeness (QED) is 0.169. The molecule has 8 nitrogen and oxygen atoms in total. The lowest BCUT2D eigenvalue weighted by Gasteiger charge is -2.20. The van der Waals surface area contributed by atoms with Crippen LogP contribution in [0.25, 0.3) is 0 Å². The molecule has 2 heterocycles. The fraction of sp³-hybridized carbons (Fsp3) is 0.421. The van der Waals surface area contributed by atoms with Crippen molar-refractivity contribution in [3.05, 3.63) is 50.9 Å². The van der Waals surface area contributed by atoms with Gasteiger partial charge in [0.25, 0.3) is 0 Å². The van der Waals surface area contributed by atoms with Crippen LogP contribution in [0.1, 0.15) is 37.3 Å². The molecule has 2 aromatic heterocycles. The van der Waals surface area contributed by atoms with E-state index in [2.05, 4.69) is 14.3 Å². The number of pyridine rings is 2. The lowest BCUT2D eigenvalue weighted by molar-refractivity contribution is -0.141. The lowest BCUT2D eigenvalue weighted by atomic mass is 10.2. The molecule has 0 N–H and O–H groups in total. The van der Waals surface area contributed by atoms with Crippen LogP contribution in [0, 0.1) is 11.5 Å². The topological polar surface area (TPSA) is 107 Å². The van der Waals surface area contributed by atoms with Gasteiger partial charge in [-0.25, -0.2) is 4.21 Å². The van der Waals surface area contributed by atoms with Crippen LogP contribution in [0.3, 0.4) is 0 Å². The summed E-state index contributed by atoms with van der Waals surface area (Å²) in [4.78, 5) is 7.17. The van der Waals surface area contributed by atoms with Gasteiger partial charge in [0.1, 0.15) is 10.7 Å². The van der Waals surface area contributed by atoms with Crippen molar-refractivity contribution in [2.45, 2.75) is 32.2 Å². The highest BCUT2D eigenvalue weighted by Crippen LogP contribution is 2.51. The van der Waals surface area contributed by atoms with E-state index in [0.717, 1.165) is 12.3 Å². The molecule has 0 spiro atoms.